The van der Waals surface area contributed by atoms with Gasteiger partial charge in [0.05, 0.1) is 17.7 Å². The summed E-state index contributed by atoms with van der Waals surface area (Å²) in [6.45, 7) is 0. The van der Waals surface area contributed by atoms with Gasteiger partial charge in [0.2, 0.25) is 5.91 Å². The Morgan fingerprint density at radius 3 is 2.92 bits per heavy atom. The van der Waals surface area contributed by atoms with Crippen LogP contribution in [0.25, 0.3) is 0 Å². The highest BCUT2D eigenvalue weighted by Gasteiger charge is 2.22. The number of rotatable bonds is 1. The Morgan fingerprint density at radius 1 is 1.46 bits per heavy atom. The summed E-state index contributed by atoms with van der Waals surface area (Å²) in [6, 6.07) is 4.87. The standard InChI is InChI=1S/C9H7NO3/c11-7-4-5-2-1-3-6(9(12)13)8(5)10-7/h1-3H,4H2,(H,10,11)(H,12,13). The lowest BCUT2D eigenvalue weighted by Gasteiger charge is -2.01. The van der Waals surface area contributed by atoms with Crippen LogP contribution in [-0.2, 0) is 11.2 Å². The summed E-state index contributed by atoms with van der Waals surface area (Å²) in [5, 5.41) is 11.3. The molecule has 0 saturated carbocycles. The van der Waals surface area contributed by atoms with E-state index in [0.29, 0.717) is 5.69 Å². The minimum absolute atomic E-state index is 0.149. The summed E-state index contributed by atoms with van der Waals surface area (Å²) in [5.74, 6) is -1.16. The largest absolute Gasteiger partial charge is 0.478 e. The fourth-order valence-corrected chi connectivity index (χ4v) is 1.43. The van der Waals surface area contributed by atoms with Gasteiger partial charge in [-0.15, -0.1) is 0 Å². The third kappa shape index (κ3) is 1.16. The highest BCUT2D eigenvalue weighted by molar-refractivity contribution is 6.06. The van der Waals surface area contributed by atoms with Crippen LogP contribution in [0.1, 0.15) is 15.9 Å². The Kier molecular flexibility index (Phi) is 1.55. The number of aromatic carboxylic acids is 1. The summed E-state index contributed by atoms with van der Waals surface area (Å²) in [4.78, 5) is 21.7. The van der Waals surface area contributed by atoms with Crippen molar-refractivity contribution in [2.75, 3.05) is 5.32 Å². The van der Waals surface area contributed by atoms with E-state index in [4.69, 9.17) is 5.11 Å². The zero-order chi connectivity index (χ0) is 9.42. The smallest absolute Gasteiger partial charge is 0.337 e. The monoisotopic (exact) mass is 177 g/mol. The van der Waals surface area contributed by atoms with E-state index in [1.807, 2.05) is 0 Å². The van der Waals surface area contributed by atoms with Gasteiger partial charge in [0.25, 0.3) is 0 Å². The Bertz CT molecular complexity index is 398. The molecule has 0 bridgehead atoms. The summed E-state index contributed by atoms with van der Waals surface area (Å²) in [7, 11) is 0. The number of anilines is 1. The number of fused-ring (bicyclic) bond motifs is 1. The van der Waals surface area contributed by atoms with Crippen molar-refractivity contribution in [3.05, 3.63) is 29.3 Å². The molecule has 2 N–H and O–H groups in total. The highest BCUT2D eigenvalue weighted by Crippen LogP contribution is 2.26. The molecular formula is C9H7NO3. The zero-order valence-corrected chi connectivity index (χ0v) is 6.70. The van der Waals surface area contributed by atoms with Crippen LogP contribution in [0, 0.1) is 0 Å². The molecule has 1 heterocycles. The molecule has 0 fully saturated rings. The molecule has 0 saturated heterocycles. The average Bonchev–Trinajstić information content (AvgIpc) is 2.43. The molecule has 0 aromatic heterocycles. The predicted molar refractivity (Wildman–Crippen MR) is 45.7 cm³/mol. The number of nitrogens with one attached hydrogen (secondary N) is 1. The Hall–Kier alpha value is -1.84. The van der Waals surface area contributed by atoms with E-state index in [1.54, 1.807) is 12.1 Å². The van der Waals surface area contributed by atoms with E-state index in [0.717, 1.165) is 5.56 Å². The number of benzene rings is 1. The molecule has 1 aromatic rings. The van der Waals surface area contributed by atoms with Gasteiger partial charge in [-0.2, -0.15) is 0 Å². The summed E-state index contributed by atoms with van der Waals surface area (Å²) in [5.41, 5.74) is 1.35. The van der Waals surface area contributed by atoms with Gasteiger partial charge >= 0.3 is 5.97 Å². The summed E-state index contributed by atoms with van der Waals surface area (Å²) < 4.78 is 0. The third-order valence-electron chi connectivity index (χ3n) is 2.00. The van der Waals surface area contributed by atoms with Gasteiger partial charge in [-0.25, -0.2) is 4.79 Å². The van der Waals surface area contributed by atoms with E-state index in [9.17, 15) is 9.59 Å². The molecule has 1 aromatic carbocycles. The van der Waals surface area contributed by atoms with Gasteiger partial charge in [-0.05, 0) is 11.6 Å². The van der Waals surface area contributed by atoms with Crippen molar-refractivity contribution in [3.63, 3.8) is 0 Å². The van der Waals surface area contributed by atoms with Crippen molar-refractivity contribution in [2.45, 2.75) is 6.42 Å². The van der Waals surface area contributed by atoms with Crippen LogP contribution in [0.5, 0.6) is 0 Å². The van der Waals surface area contributed by atoms with Crippen LogP contribution in [0.3, 0.4) is 0 Å². The molecule has 0 unspecified atom stereocenters. The van der Waals surface area contributed by atoms with Crippen molar-refractivity contribution < 1.29 is 14.7 Å². The van der Waals surface area contributed by atoms with Gasteiger partial charge < -0.3 is 10.4 Å². The lowest BCUT2D eigenvalue weighted by molar-refractivity contribution is -0.115. The zero-order valence-electron chi connectivity index (χ0n) is 6.70. The molecular weight excluding hydrogens is 170 g/mol. The number of carbonyl (C=O) groups excluding carboxylic acids is 1. The molecule has 13 heavy (non-hydrogen) atoms. The fraction of sp³-hybridized carbons (Fsp3) is 0.111. The molecule has 2 rings (SSSR count). The van der Waals surface area contributed by atoms with E-state index in [-0.39, 0.29) is 17.9 Å². The molecule has 4 nitrogen and oxygen atoms in total. The Labute approximate surface area is 74.2 Å². The molecule has 0 atom stereocenters. The highest BCUT2D eigenvalue weighted by atomic mass is 16.4. The Morgan fingerprint density at radius 2 is 2.23 bits per heavy atom. The van der Waals surface area contributed by atoms with Crippen molar-refractivity contribution in [2.24, 2.45) is 0 Å². The van der Waals surface area contributed by atoms with E-state index in [2.05, 4.69) is 5.32 Å². The lowest BCUT2D eigenvalue weighted by Crippen LogP contribution is -2.06. The van der Waals surface area contributed by atoms with Crippen molar-refractivity contribution >= 4 is 17.6 Å². The molecule has 66 valence electrons. The van der Waals surface area contributed by atoms with E-state index in [1.165, 1.54) is 6.07 Å². The normalized spacial score (nSPS) is 13.7. The quantitative estimate of drug-likeness (QED) is 0.669. The topological polar surface area (TPSA) is 66.4 Å². The maximum Gasteiger partial charge on any atom is 0.337 e. The van der Waals surface area contributed by atoms with Gasteiger partial charge in [-0.3, -0.25) is 4.79 Å². The first-order valence-corrected chi connectivity index (χ1v) is 3.83. The second-order valence-electron chi connectivity index (χ2n) is 2.87. The van der Waals surface area contributed by atoms with Gasteiger partial charge in [0, 0.05) is 0 Å². The molecule has 4 heteroatoms. The lowest BCUT2D eigenvalue weighted by atomic mass is 10.1. The third-order valence-corrected chi connectivity index (χ3v) is 2.00. The Balaban J connectivity index is 2.57. The number of carboxylic acids is 1. The maximum absolute atomic E-state index is 11.0. The number of hydrogen-bond donors (Lipinski definition) is 2. The van der Waals surface area contributed by atoms with Gasteiger partial charge in [0.15, 0.2) is 0 Å². The molecule has 0 radical (unpaired) electrons. The second kappa shape index (κ2) is 2.58. The maximum atomic E-state index is 11.0. The first kappa shape index (κ1) is 7.79. The van der Waals surface area contributed by atoms with Gasteiger partial charge in [0.1, 0.15) is 0 Å². The number of carboxylic acid groups (broad SMARTS) is 1. The van der Waals surface area contributed by atoms with Crippen molar-refractivity contribution in [1.29, 1.82) is 0 Å². The van der Waals surface area contributed by atoms with Crippen LogP contribution in [0.2, 0.25) is 0 Å². The average molecular weight is 177 g/mol. The SMILES string of the molecule is O=C1Cc2cccc(C(=O)O)c2N1. The number of hydrogen-bond acceptors (Lipinski definition) is 2. The fourth-order valence-electron chi connectivity index (χ4n) is 1.43. The number of amides is 1. The number of para-hydroxylation sites is 1. The first-order chi connectivity index (χ1) is 6.18. The van der Waals surface area contributed by atoms with Crippen LogP contribution >= 0.6 is 0 Å². The van der Waals surface area contributed by atoms with Crippen molar-refractivity contribution in [3.8, 4) is 0 Å². The number of carbonyl (C=O) groups is 2. The predicted octanol–water partition coefficient (Wildman–Crippen LogP) is 0.879. The minimum Gasteiger partial charge on any atom is -0.478 e. The van der Waals surface area contributed by atoms with Crippen molar-refractivity contribution in [1.82, 2.24) is 0 Å². The summed E-state index contributed by atoms with van der Waals surface area (Å²) in [6.07, 6.45) is 0.274. The molecule has 1 amide bonds. The molecule has 1 aliphatic rings. The summed E-state index contributed by atoms with van der Waals surface area (Å²) >= 11 is 0. The van der Waals surface area contributed by atoms with Gasteiger partial charge in [-0.1, -0.05) is 12.1 Å². The minimum atomic E-state index is -1.01. The molecule has 1 aliphatic heterocycles. The van der Waals surface area contributed by atoms with Crippen LogP contribution in [-0.4, -0.2) is 17.0 Å². The molecule has 0 aliphatic carbocycles. The first-order valence-electron chi connectivity index (χ1n) is 3.83. The van der Waals surface area contributed by atoms with E-state index < -0.39 is 5.97 Å². The van der Waals surface area contributed by atoms with Crippen LogP contribution in [0.4, 0.5) is 5.69 Å². The second-order valence-corrected chi connectivity index (χ2v) is 2.87. The molecule has 0 spiro atoms. The van der Waals surface area contributed by atoms with Crippen LogP contribution in [0.15, 0.2) is 18.2 Å². The van der Waals surface area contributed by atoms with Crippen LogP contribution < -0.4 is 5.32 Å². The van der Waals surface area contributed by atoms with E-state index >= 15 is 0 Å².